The number of anilines is 1. The molecule has 1 saturated heterocycles. The van der Waals surface area contributed by atoms with Crippen LogP contribution in [0.4, 0.5) is 5.69 Å². The summed E-state index contributed by atoms with van der Waals surface area (Å²) >= 11 is 0. The average molecular weight is 201 g/mol. The van der Waals surface area contributed by atoms with Gasteiger partial charge in [0.15, 0.2) is 0 Å². The molecule has 0 spiro atoms. The molecule has 2 nitrogen and oxygen atoms in total. The first-order valence-corrected chi connectivity index (χ1v) is 5.71. The molecule has 0 N–H and O–H groups in total. The summed E-state index contributed by atoms with van der Waals surface area (Å²) in [5.74, 6) is 0.364. The first-order chi connectivity index (χ1) is 7.33. The van der Waals surface area contributed by atoms with E-state index in [0.717, 1.165) is 0 Å². The van der Waals surface area contributed by atoms with E-state index in [-0.39, 0.29) is 0 Å². The quantitative estimate of drug-likeness (QED) is 0.692. The van der Waals surface area contributed by atoms with E-state index in [1.54, 1.807) is 0 Å². The lowest BCUT2D eigenvalue weighted by Crippen LogP contribution is -2.17. The fourth-order valence-electron chi connectivity index (χ4n) is 2.61. The van der Waals surface area contributed by atoms with Crippen molar-refractivity contribution in [1.29, 1.82) is 0 Å². The van der Waals surface area contributed by atoms with Crippen molar-refractivity contribution in [3.05, 3.63) is 29.3 Å². The van der Waals surface area contributed by atoms with E-state index in [1.165, 1.54) is 42.7 Å². The fourth-order valence-corrected chi connectivity index (χ4v) is 2.61. The molecule has 1 aromatic carbocycles. The van der Waals surface area contributed by atoms with E-state index in [2.05, 4.69) is 23.1 Å². The smallest absolute Gasteiger partial charge is 0.141 e. The summed E-state index contributed by atoms with van der Waals surface area (Å²) in [4.78, 5) is 13.7. The van der Waals surface area contributed by atoms with Crippen LogP contribution in [-0.2, 0) is 17.6 Å². The molecule has 3 rings (SSSR count). The highest BCUT2D eigenvalue weighted by Crippen LogP contribution is 2.27. The van der Waals surface area contributed by atoms with Gasteiger partial charge < -0.3 is 4.90 Å². The molecule has 0 atom stereocenters. The molecule has 1 aliphatic heterocycles. The predicted molar refractivity (Wildman–Crippen MR) is 60.3 cm³/mol. The highest BCUT2D eigenvalue weighted by Gasteiger charge is 2.20. The molecule has 2 aliphatic rings. The van der Waals surface area contributed by atoms with Crippen LogP contribution in [0.3, 0.4) is 0 Å². The average Bonchev–Trinajstić information content (AvgIpc) is 2.82. The van der Waals surface area contributed by atoms with Crippen LogP contribution in [0.5, 0.6) is 0 Å². The highest BCUT2D eigenvalue weighted by molar-refractivity contribution is 5.88. The minimum Gasteiger partial charge on any atom is -0.372 e. The zero-order valence-electron chi connectivity index (χ0n) is 8.83. The summed E-state index contributed by atoms with van der Waals surface area (Å²) in [7, 11) is 0. The van der Waals surface area contributed by atoms with Crippen molar-refractivity contribution in [2.45, 2.75) is 25.7 Å². The SMILES string of the molecule is O=C1Cc2ccc(N3CCCC3)cc2C1. The number of fused-ring (bicyclic) bond motifs is 1. The third kappa shape index (κ3) is 1.54. The Hall–Kier alpha value is -1.31. The highest BCUT2D eigenvalue weighted by atomic mass is 16.1. The van der Waals surface area contributed by atoms with Crippen LogP contribution in [0.2, 0.25) is 0 Å². The monoisotopic (exact) mass is 201 g/mol. The molecular formula is C13H15NO. The standard InChI is InChI=1S/C13H15NO/c15-13-8-10-3-4-12(7-11(10)9-13)14-5-1-2-6-14/h3-4,7H,1-2,5-6,8-9H2. The van der Waals surface area contributed by atoms with E-state index in [1.807, 2.05) is 0 Å². The van der Waals surface area contributed by atoms with E-state index < -0.39 is 0 Å². The Morgan fingerprint density at radius 2 is 1.73 bits per heavy atom. The van der Waals surface area contributed by atoms with Gasteiger partial charge in [0, 0.05) is 31.6 Å². The summed E-state index contributed by atoms with van der Waals surface area (Å²) in [5.41, 5.74) is 3.80. The minimum atomic E-state index is 0.364. The van der Waals surface area contributed by atoms with Crippen molar-refractivity contribution in [3.8, 4) is 0 Å². The molecule has 78 valence electrons. The molecule has 0 saturated carbocycles. The molecular weight excluding hydrogens is 186 g/mol. The topological polar surface area (TPSA) is 20.3 Å². The largest absolute Gasteiger partial charge is 0.372 e. The Morgan fingerprint density at radius 3 is 2.53 bits per heavy atom. The summed E-state index contributed by atoms with van der Waals surface area (Å²) < 4.78 is 0. The molecule has 0 amide bonds. The number of nitrogens with zero attached hydrogens (tertiary/aromatic N) is 1. The summed E-state index contributed by atoms with van der Waals surface area (Å²) in [6.45, 7) is 2.35. The Labute approximate surface area is 89.9 Å². The second-order valence-electron chi connectivity index (χ2n) is 4.54. The molecule has 0 radical (unpaired) electrons. The van der Waals surface area contributed by atoms with E-state index in [0.29, 0.717) is 18.6 Å². The van der Waals surface area contributed by atoms with Crippen LogP contribution in [0, 0.1) is 0 Å². The number of hydrogen-bond donors (Lipinski definition) is 0. The maximum atomic E-state index is 11.3. The Balaban J connectivity index is 1.92. The zero-order chi connectivity index (χ0) is 10.3. The zero-order valence-corrected chi connectivity index (χ0v) is 8.83. The second kappa shape index (κ2) is 3.37. The number of carbonyl (C=O) groups excluding carboxylic acids is 1. The number of hydrogen-bond acceptors (Lipinski definition) is 2. The molecule has 0 bridgehead atoms. The first kappa shape index (κ1) is 8.96. The first-order valence-electron chi connectivity index (χ1n) is 5.71. The van der Waals surface area contributed by atoms with Crippen LogP contribution < -0.4 is 4.90 Å². The third-order valence-corrected chi connectivity index (χ3v) is 3.44. The van der Waals surface area contributed by atoms with Gasteiger partial charge in [0.2, 0.25) is 0 Å². The van der Waals surface area contributed by atoms with E-state index >= 15 is 0 Å². The van der Waals surface area contributed by atoms with Crippen molar-refractivity contribution < 1.29 is 4.79 Å². The van der Waals surface area contributed by atoms with Crippen LogP contribution in [0.15, 0.2) is 18.2 Å². The van der Waals surface area contributed by atoms with Gasteiger partial charge in [0.1, 0.15) is 5.78 Å². The third-order valence-electron chi connectivity index (χ3n) is 3.44. The molecule has 2 heteroatoms. The normalized spacial score (nSPS) is 19.7. The maximum absolute atomic E-state index is 11.3. The lowest BCUT2D eigenvalue weighted by Gasteiger charge is -2.18. The number of benzene rings is 1. The van der Waals surface area contributed by atoms with Crippen molar-refractivity contribution in [2.24, 2.45) is 0 Å². The van der Waals surface area contributed by atoms with Gasteiger partial charge in [0.25, 0.3) is 0 Å². The number of Topliss-reactive ketones (excluding diaryl/α,β-unsaturated/α-hetero) is 1. The molecule has 1 fully saturated rings. The number of rotatable bonds is 1. The summed E-state index contributed by atoms with van der Waals surface area (Å²) in [6.07, 6.45) is 3.90. The summed E-state index contributed by atoms with van der Waals surface area (Å²) in [6, 6.07) is 6.52. The van der Waals surface area contributed by atoms with Gasteiger partial charge in [-0.05, 0) is 36.1 Å². The van der Waals surface area contributed by atoms with Gasteiger partial charge in [-0.15, -0.1) is 0 Å². The number of carbonyl (C=O) groups is 1. The van der Waals surface area contributed by atoms with Gasteiger partial charge >= 0.3 is 0 Å². The maximum Gasteiger partial charge on any atom is 0.141 e. The van der Waals surface area contributed by atoms with Gasteiger partial charge in [-0.3, -0.25) is 4.79 Å². The molecule has 0 aromatic heterocycles. The Kier molecular flexibility index (Phi) is 2.01. The van der Waals surface area contributed by atoms with Gasteiger partial charge in [-0.1, -0.05) is 6.07 Å². The van der Waals surface area contributed by atoms with Gasteiger partial charge in [-0.2, -0.15) is 0 Å². The Morgan fingerprint density at radius 1 is 1.00 bits per heavy atom. The van der Waals surface area contributed by atoms with Crippen molar-refractivity contribution in [3.63, 3.8) is 0 Å². The van der Waals surface area contributed by atoms with Gasteiger partial charge in [0.05, 0.1) is 0 Å². The van der Waals surface area contributed by atoms with E-state index in [9.17, 15) is 4.79 Å². The van der Waals surface area contributed by atoms with Crippen LogP contribution >= 0.6 is 0 Å². The summed E-state index contributed by atoms with van der Waals surface area (Å²) in [5, 5.41) is 0. The molecule has 0 unspecified atom stereocenters. The van der Waals surface area contributed by atoms with Crippen molar-refractivity contribution in [1.82, 2.24) is 0 Å². The van der Waals surface area contributed by atoms with Crippen molar-refractivity contribution in [2.75, 3.05) is 18.0 Å². The van der Waals surface area contributed by atoms with E-state index in [4.69, 9.17) is 0 Å². The van der Waals surface area contributed by atoms with Crippen molar-refractivity contribution >= 4 is 11.5 Å². The minimum absolute atomic E-state index is 0.364. The lowest BCUT2D eigenvalue weighted by atomic mass is 10.1. The number of ketones is 1. The predicted octanol–water partition coefficient (Wildman–Crippen LogP) is 1.95. The van der Waals surface area contributed by atoms with Crippen LogP contribution in [-0.4, -0.2) is 18.9 Å². The molecule has 1 aliphatic carbocycles. The second-order valence-corrected chi connectivity index (χ2v) is 4.54. The molecule has 1 aromatic rings. The van der Waals surface area contributed by atoms with Crippen LogP contribution in [0.1, 0.15) is 24.0 Å². The molecule has 1 heterocycles. The van der Waals surface area contributed by atoms with Crippen LogP contribution in [0.25, 0.3) is 0 Å². The van der Waals surface area contributed by atoms with Gasteiger partial charge in [-0.25, -0.2) is 0 Å². The lowest BCUT2D eigenvalue weighted by molar-refractivity contribution is -0.117. The fraction of sp³-hybridized carbons (Fsp3) is 0.462. The Bertz CT molecular complexity index is 405. The molecule has 15 heavy (non-hydrogen) atoms.